The first-order valence-corrected chi connectivity index (χ1v) is 9.79. The van der Waals surface area contributed by atoms with Crippen molar-refractivity contribution < 1.29 is 58.0 Å². The molecule has 7 heteroatoms. The third kappa shape index (κ3) is 8.59. The number of ether oxygens (including phenoxy) is 4. The van der Waals surface area contributed by atoms with Gasteiger partial charge in [-0.3, -0.25) is 14.4 Å². The summed E-state index contributed by atoms with van der Waals surface area (Å²) in [5.41, 5.74) is -5.86. The molecular weight excluding hydrogens is 448 g/mol. The van der Waals surface area contributed by atoms with Gasteiger partial charge in [0, 0.05) is 41.1 Å². The lowest BCUT2D eigenvalue weighted by atomic mass is 9.90. The molecular formula is C28H34O7. The number of carbonyl (C=O) groups is 3. The van der Waals surface area contributed by atoms with Crippen LogP contribution in [-0.2, 0) is 9.59 Å². The Balaban J connectivity index is 0.000000304. The van der Waals surface area contributed by atoms with Crippen LogP contribution in [0.25, 0.3) is 6.08 Å². The highest BCUT2D eigenvalue weighted by atomic mass is 16.7. The van der Waals surface area contributed by atoms with Crippen molar-refractivity contribution in [1.29, 1.82) is 0 Å². The highest BCUT2D eigenvalue weighted by Gasteiger charge is 2.18. The van der Waals surface area contributed by atoms with Gasteiger partial charge in [0.05, 0.1) is 0 Å². The van der Waals surface area contributed by atoms with E-state index in [0.29, 0.717) is 47.1 Å². The Bertz CT molecular complexity index is 1610. The Morgan fingerprint density at radius 3 is 1.71 bits per heavy atom. The fraction of sp³-hybridized carbons (Fsp3) is 0.393. The first-order valence-electron chi connectivity index (χ1n) is 18.8. The van der Waals surface area contributed by atoms with Gasteiger partial charge in [-0.05, 0) is 48.9 Å². The fourth-order valence-corrected chi connectivity index (χ4v) is 2.30. The molecule has 0 radical (unpaired) electrons. The molecule has 35 heavy (non-hydrogen) atoms. The van der Waals surface area contributed by atoms with Gasteiger partial charge in [-0.15, -0.1) is 0 Å². The second-order valence-corrected chi connectivity index (χ2v) is 7.10. The van der Waals surface area contributed by atoms with E-state index >= 15 is 0 Å². The second kappa shape index (κ2) is 11.7. The summed E-state index contributed by atoms with van der Waals surface area (Å²) < 4.78 is 151. The van der Waals surface area contributed by atoms with Crippen LogP contribution in [0.4, 0.5) is 0 Å². The van der Waals surface area contributed by atoms with Gasteiger partial charge in [0.25, 0.3) is 0 Å². The standard InChI is InChI=1S/C14H16O3.C8H6O3.C6H12O/c1-14(2,3)13(15)7-5-10-4-6-11-12(8-10)17-9-16-11;9-4-6-1-2-7-8(3-6)11-5-10-7;1-5(7)6(2,3)4/h4-8H,9H2,1-3H3;1-4H,5H2;1-4H3/b7-5+;;/i1D3,2D3,3D3;;2D3,3D3,4D3. The molecule has 0 aromatic heterocycles. The van der Waals surface area contributed by atoms with Crippen molar-refractivity contribution in [2.75, 3.05) is 13.6 Å². The lowest BCUT2D eigenvalue weighted by molar-refractivity contribution is -0.124. The zero-order valence-corrected chi connectivity index (χ0v) is 18.5. The highest BCUT2D eigenvalue weighted by Crippen LogP contribution is 2.33. The molecule has 0 N–H and O–H groups in total. The number of hydrogen-bond acceptors (Lipinski definition) is 7. The van der Waals surface area contributed by atoms with Gasteiger partial charge < -0.3 is 18.9 Å². The van der Waals surface area contributed by atoms with Crippen molar-refractivity contribution >= 4 is 23.9 Å². The molecule has 0 fully saturated rings. The van der Waals surface area contributed by atoms with E-state index in [1.165, 1.54) is 12.1 Å². The van der Waals surface area contributed by atoms with Crippen molar-refractivity contribution in [2.24, 2.45) is 10.8 Å². The SMILES string of the molecule is O=Cc1ccc2c(c1)OCO2.[2H]C([2H])([2H])C(C(=O)/C=C/c1ccc2c(c1)OCO2)(C([2H])([2H])[2H])C([2H])([2H])[2H].[2H]C([2H])([2H])C(C(C)=O)(C([2H])([2H])[2H])C([2H])([2H])[2H]. The molecule has 0 bridgehead atoms. The summed E-state index contributed by atoms with van der Waals surface area (Å²) in [7, 11) is 0. The molecule has 2 aromatic carbocycles. The zero-order valence-electron chi connectivity index (χ0n) is 36.5. The molecule has 2 aliphatic heterocycles. The Morgan fingerprint density at radius 1 is 0.771 bits per heavy atom. The summed E-state index contributed by atoms with van der Waals surface area (Å²) in [5.74, 6) is -0.670. The lowest BCUT2D eigenvalue weighted by Gasteiger charge is -2.12. The average molecular weight is 501 g/mol. The molecule has 0 amide bonds. The summed E-state index contributed by atoms with van der Waals surface area (Å²) in [6.07, 6.45) is 2.59. The molecule has 7 nitrogen and oxygen atoms in total. The van der Waals surface area contributed by atoms with Crippen LogP contribution in [0.5, 0.6) is 23.0 Å². The Labute approximate surface area is 232 Å². The molecule has 2 aromatic rings. The van der Waals surface area contributed by atoms with Crippen LogP contribution >= 0.6 is 0 Å². The van der Waals surface area contributed by atoms with E-state index in [9.17, 15) is 14.4 Å². The summed E-state index contributed by atoms with van der Waals surface area (Å²) in [4.78, 5) is 34.2. The van der Waals surface area contributed by atoms with E-state index < -0.39 is 63.5 Å². The lowest BCUT2D eigenvalue weighted by Crippen LogP contribution is -2.17. The Hall–Kier alpha value is -3.61. The molecule has 0 atom stereocenters. The van der Waals surface area contributed by atoms with E-state index in [4.69, 9.17) is 43.6 Å². The van der Waals surface area contributed by atoms with Gasteiger partial charge in [0.1, 0.15) is 12.1 Å². The van der Waals surface area contributed by atoms with Crippen molar-refractivity contribution in [3.8, 4) is 23.0 Å². The van der Waals surface area contributed by atoms with Gasteiger partial charge in [-0.25, -0.2) is 0 Å². The molecule has 0 spiro atoms. The topological polar surface area (TPSA) is 88.1 Å². The number of carbonyl (C=O) groups excluding carboxylic acids is 3. The van der Waals surface area contributed by atoms with Crippen molar-refractivity contribution in [3.05, 3.63) is 53.6 Å². The van der Waals surface area contributed by atoms with E-state index in [0.717, 1.165) is 12.4 Å². The van der Waals surface area contributed by atoms with E-state index in [2.05, 4.69) is 0 Å². The molecule has 0 unspecified atom stereocenters. The van der Waals surface area contributed by atoms with Crippen molar-refractivity contribution in [1.82, 2.24) is 0 Å². The van der Waals surface area contributed by atoms with E-state index in [-0.39, 0.29) is 13.6 Å². The maximum absolute atomic E-state index is 12.6. The number of fused-ring (bicyclic) bond motifs is 2. The van der Waals surface area contributed by atoms with Crippen LogP contribution in [0.2, 0.25) is 0 Å². The largest absolute Gasteiger partial charge is 0.454 e. The number of ketones is 2. The predicted molar refractivity (Wildman–Crippen MR) is 134 cm³/mol. The molecule has 2 heterocycles. The maximum atomic E-state index is 12.6. The van der Waals surface area contributed by atoms with Gasteiger partial charge in [0.15, 0.2) is 28.8 Å². The molecule has 0 saturated heterocycles. The van der Waals surface area contributed by atoms with Crippen molar-refractivity contribution in [3.63, 3.8) is 0 Å². The van der Waals surface area contributed by atoms with Crippen LogP contribution in [0.15, 0.2) is 42.5 Å². The first-order chi connectivity index (χ1) is 23.8. The van der Waals surface area contributed by atoms with Gasteiger partial charge in [0.2, 0.25) is 13.6 Å². The normalized spacial score (nSPS) is 23.1. The third-order valence-corrected chi connectivity index (χ3v) is 4.25. The Kier molecular flexibility index (Phi) is 3.81. The number of allylic oxidation sites excluding steroid dienone is 1. The van der Waals surface area contributed by atoms with Crippen molar-refractivity contribution in [2.45, 2.75) is 48.0 Å². The Morgan fingerprint density at radius 2 is 1.26 bits per heavy atom. The molecule has 188 valence electrons. The van der Waals surface area contributed by atoms with Gasteiger partial charge >= 0.3 is 0 Å². The van der Waals surface area contributed by atoms with Crippen LogP contribution in [0.1, 0.15) is 88.6 Å². The van der Waals surface area contributed by atoms with Gasteiger partial charge in [-0.2, -0.15) is 0 Å². The molecule has 4 rings (SSSR count). The fourth-order valence-electron chi connectivity index (χ4n) is 2.30. The zero-order chi connectivity index (χ0) is 41.2. The van der Waals surface area contributed by atoms with Gasteiger partial charge in [-0.1, -0.05) is 53.3 Å². The predicted octanol–water partition coefficient (Wildman–Crippen LogP) is 5.89. The monoisotopic (exact) mass is 500 g/mol. The number of rotatable bonds is 3. The number of benzene rings is 2. The van der Waals surface area contributed by atoms with Crippen LogP contribution in [0.3, 0.4) is 0 Å². The first kappa shape index (κ1) is 11.4. The summed E-state index contributed by atoms with van der Waals surface area (Å²) >= 11 is 0. The number of hydrogen-bond donors (Lipinski definition) is 0. The molecule has 0 aliphatic carbocycles. The maximum Gasteiger partial charge on any atom is 0.231 e. The molecule has 2 aliphatic rings. The van der Waals surface area contributed by atoms with E-state index in [1.54, 1.807) is 24.3 Å². The number of aldehydes is 1. The third-order valence-electron chi connectivity index (χ3n) is 4.25. The van der Waals surface area contributed by atoms with Crippen LogP contribution in [-0.4, -0.2) is 31.4 Å². The smallest absolute Gasteiger partial charge is 0.231 e. The highest BCUT2D eigenvalue weighted by molar-refractivity contribution is 5.97. The second-order valence-electron chi connectivity index (χ2n) is 7.10. The minimum atomic E-state index is -3.57. The van der Waals surface area contributed by atoms with Crippen LogP contribution in [0, 0.1) is 10.8 Å². The summed E-state index contributed by atoms with van der Waals surface area (Å²) in [6.45, 7) is -20.0. The van der Waals surface area contributed by atoms with E-state index in [1.807, 2.05) is 0 Å². The summed E-state index contributed by atoms with van der Waals surface area (Å²) in [5, 5.41) is 0. The van der Waals surface area contributed by atoms with Crippen LogP contribution < -0.4 is 18.9 Å². The molecule has 0 saturated carbocycles. The average Bonchev–Trinajstić information content (AvgIpc) is 3.61. The summed E-state index contributed by atoms with van der Waals surface area (Å²) in [6, 6.07) is 9.66. The minimum absolute atomic E-state index is 0.0295. The minimum Gasteiger partial charge on any atom is -0.454 e. The number of Topliss-reactive ketones (excluding diaryl/α,β-unsaturated/α-hetero) is 1. The quantitative estimate of drug-likeness (QED) is 0.383.